The fourth-order valence-corrected chi connectivity index (χ4v) is 1.49. The van der Waals surface area contributed by atoms with Crippen LogP contribution in [0.2, 0.25) is 0 Å². The van der Waals surface area contributed by atoms with Crippen LogP contribution < -0.4 is 15.8 Å². The number of hydrogen-bond acceptors (Lipinski definition) is 2. The van der Waals surface area contributed by atoms with Crippen molar-refractivity contribution >= 4 is 29.9 Å². The van der Waals surface area contributed by atoms with Gasteiger partial charge in [0.05, 0.1) is 12.1 Å². The third kappa shape index (κ3) is 7.39. The number of alkyl halides is 2. The molecule has 0 saturated heterocycles. The molecule has 4 nitrogen and oxygen atoms in total. The predicted octanol–water partition coefficient (Wildman–Crippen LogP) is 3.25. The van der Waals surface area contributed by atoms with Crippen LogP contribution in [0, 0.1) is 5.82 Å². The number of nitrogens with one attached hydrogen (secondary N) is 1. The predicted molar refractivity (Wildman–Crippen MR) is 86.7 cm³/mol. The first kappa shape index (κ1) is 19.8. The molecule has 0 heterocycles. The van der Waals surface area contributed by atoms with Crippen LogP contribution in [0.25, 0.3) is 0 Å². The lowest BCUT2D eigenvalue weighted by Gasteiger charge is -2.21. The van der Waals surface area contributed by atoms with E-state index in [1.54, 1.807) is 0 Å². The van der Waals surface area contributed by atoms with Gasteiger partial charge >= 0.3 is 6.61 Å². The van der Waals surface area contributed by atoms with E-state index in [1.165, 1.54) is 12.1 Å². The zero-order valence-electron chi connectivity index (χ0n) is 12.0. The summed E-state index contributed by atoms with van der Waals surface area (Å²) in [6.07, 6.45) is 0. The topological polar surface area (TPSA) is 59.6 Å². The van der Waals surface area contributed by atoms with Gasteiger partial charge in [0.1, 0.15) is 11.6 Å². The van der Waals surface area contributed by atoms with Crippen molar-refractivity contribution in [3.05, 3.63) is 29.6 Å². The zero-order chi connectivity index (χ0) is 15.3. The highest BCUT2D eigenvalue weighted by Crippen LogP contribution is 2.24. The van der Waals surface area contributed by atoms with Gasteiger partial charge < -0.3 is 15.8 Å². The van der Waals surface area contributed by atoms with Gasteiger partial charge in [-0.2, -0.15) is 8.78 Å². The lowest BCUT2D eigenvalue weighted by Crippen LogP contribution is -2.45. The van der Waals surface area contributed by atoms with E-state index in [0.717, 1.165) is 6.07 Å². The molecule has 0 aliphatic heterocycles. The van der Waals surface area contributed by atoms with Crippen molar-refractivity contribution < 1.29 is 17.9 Å². The number of nitrogens with two attached hydrogens (primary N) is 1. The van der Waals surface area contributed by atoms with Crippen molar-refractivity contribution in [2.24, 2.45) is 10.7 Å². The molecule has 0 aliphatic carbocycles. The summed E-state index contributed by atoms with van der Waals surface area (Å²) in [6.45, 7) is 2.42. The van der Waals surface area contributed by atoms with Crippen molar-refractivity contribution in [3.8, 4) is 5.75 Å². The van der Waals surface area contributed by atoms with Crippen molar-refractivity contribution in [3.63, 3.8) is 0 Å². The van der Waals surface area contributed by atoms with E-state index in [1.807, 2.05) is 20.8 Å². The summed E-state index contributed by atoms with van der Waals surface area (Å²) in [5.74, 6) is -0.813. The molecular weight excluding hydrogens is 398 g/mol. The lowest BCUT2D eigenvalue weighted by molar-refractivity contribution is -0.0506. The average Bonchev–Trinajstić information content (AvgIpc) is 2.24. The Morgan fingerprint density at radius 1 is 1.38 bits per heavy atom. The maximum atomic E-state index is 13.6. The minimum atomic E-state index is -3.02. The highest BCUT2D eigenvalue weighted by molar-refractivity contribution is 14.0. The molecule has 21 heavy (non-hydrogen) atoms. The number of benzene rings is 1. The van der Waals surface area contributed by atoms with Gasteiger partial charge in [-0.1, -0.05) is 6.07 Å². The number of guanidine groups is 1. The monoisotopic (exact) mass is 417 g/mol. The van der Waals surface area contributed by atoms with Gasteiger partial charge in [-0.3, -0.25) is 0 Å². The standard InChI is InChI=1S/C13H18F3N3O.HI/c1-13(2,3)19-12(17)18-7-8-9(14)5-4-6-10(8)20-11(15)16;/h4-6,11H,7H2,1-3H3,(H3,17,18,19);1H. The minimum absolute atomic E-state index is 0. The summed E-state index contributed by atoms with van der Waals surface area (Å²) >= 11 is 0. The van der Waals surface area contributed by atoms with Gasteiger partial charge in [0.2, 0.25) is 0 Å². The molecule has 1 aromatic rings. The molecule has 0 saturated carbocycles. The summed E-state index contributed by atoms with van der Waals surface area (Å²) < 4.78 is 42.4. The molecule has 120 valence electrons. The highest BCUT2D eigenvalue weighted by Gasteiger charge is 2.14. The summed E-state index contributed by atoms with van der Waals surface area (Å²) in [5, 5.41) is 2.89. The molecule has 1 rings (SSSR count). The minimum Gasteiger partial charge on any atom is -0.434 e. The van der Waals surface area contributed by atoms with Crippen molar-refractivity contribution in [2.75, 3.05) is 0 Å². The van der Waals surface area contributed by atoms with Crippen molar-refractivity contribution in [1.29, 1.82) is 0 Å². The number of rotatable bonds is 4. The Labute approximate surface area is 139 Å². The average molecular weight is 417 g/mol. The van der Waals surface area contributed by atoms with Gasteiger partial charge in [-0.15, -0.1) is 24.0 Å². The van der Waals surface area contributed by atoms with Crippen molar-refractivity contribution in [1.82, 2.24) is 5.32 Å². The Morgan fingerprint density at radius 2 is 2.00 bits per heavy atom. The van der Waals surface area contributed by atoms with Crippen LogP contribution in [0.1, 0.15) is 26.3 Å². The van der Waals surface area contributed by atoms with Gasteiger partial charge in [-0.05, 0) is 32.9 Å². The van der Waals surface area contributed by atoms with Gasteiger partial charge in [0.15, 0.2) is 5.96 Å². The Kier molecular flexibility index (Phi) is 7.83. The van der Waals surface area contributed by atoms with E-state index in [0.29, 0.717) is 0 Å². The summed E-state index contributed by atoms with van der Waals surface area (Å²) in [6, 6.07) is 3.70. The van der Waals surface area contributed by atoms with E-state index in [9.17, 15) is 13.2 Å². The zero-order valence-corrected chi connectivity index (χ0v) is 14.3. The van der Waals surface area contributed by atoms with Crippen LogP contribution in [0.3, 0.4) is 0 Å². The number of ether oxygens (including phenoxy) is 1. The molecule has 0 aliphatic rings. The van der Waals surface area contributed by atoms with E-state index < -0.39 is 12.4 Å². The SMILES string of the molecule is CC(C)(C)NC(N)=NCc1c(F)cccc1OC(F)F.I. The van der Waals surface area contributed by atoms with Crippen LogP contribution in [0.15, 0.2) is 23.2 Å². The molecule has 0 amide bonds. The molecule has 1 aromatic carbocycles. The van der Waals surface area contributed by atoms with Crippen LogP contribution >= 0.6 is 24.0 Å². The Morgan fingerprint density at radius 3 is 2.52 bits per heavy atom. The molecule has 3 N–H and O–H groups in total. The number of aliphatic imine (C=N–C) groups is 1. The first-order valence-corrected chi connectivity index (χ1v) is 5.99. The van der Waals surface area contributed by atoms with E-state index in [-0.39, 0.29) is 53.3 Å². The first-order chi connectivity index (χ1) is 9.19. The van der Waals surface area contributed by atoms with Crippen LogP contribution in [-0.2, 0) is 6.54 Å². The third-order valence-corrected chi connectivity index (χ3v) is 2.20. The van der Waals surface area contributed by atoms with Crippen LogP contribution in [-0.4, -0.2) is 18.1 Å². The summed E-state index contributed by atoms with van der Waals surface area (Å²) in [7, 11) is 0. The second-order valence-electron chi connectivity index (χ2n) is 5.17. The second-order valence-corrected chi connectivity index (χ2v) is 5.17. The summed E-state index contributed by atoms with van der Waals surface area (Å²) in [5.41, 5.74) is 5.27. The van der Waals surface area contributed by atoms with Crippen molar-refractivity contribution in [2.45, 2.75) is 39.5 Å². The van der Waals surface area contributed by atoms with Gasteiger partial charge in [0.25, 0.3) is 0 Å². The maximum Gasteiger partial charge on any atom is 0.387 e. The van der Waals surface area contributed by atoms with E-state index >= 15 is 0 Å². The fourth-order valence-electron chi connectivity index (χ4n) is 1.49. The maximum absolute atomic E-state index is 13.6. The largest absolute Gasteiger partial charge is 0.434 e. The highest BCUT2D eigenvalue weighted by atomic mass is 127. The summed E-state index contributed by atoms with van der Waals surface area (Å²) in [4.78, 5) is 3.93. The second kappa shape index (κ2) is 8.30. The molecule has 0 spiro atoms. The Hall–Kier alpha value is -1.19. The molecule has 0 fully saturated rings. The molecule has 0 radical (unpaired) electrons. The number of nitrogens with zero attached hydrogens (tertiary/aromatic N) is 1. The van der Waals surface area contributed by atoms with E-state index in [4.69, 9.17) is 5.73 Å². The van der Waals surface area contributed by atoms with Gasteiger partial charge in [-0.25, -0.2) is 9.38 Å². The fraction of sp³-hybridized carbons (Fsp3) is 0.462. The molecule has 0 unspecified atom stereocenters. The molecule has 0 bridgehead atoms. The third-order valence-electron chi connectivity index (χ3n) is 2.20. The lowest BCUT2D eigenvalue weighted by atomic mass is 10.1. The van der Waals surface area contributed by atoms with E-state index in [2.05, 4.69) is 15.0 Å². The number of halogens is 4. The normalized spacial score (nSPS) is 12.0. The molecule has 0 atom stereocenters. The number of hydrogen-bond donors (Lipinski definition) is 2. The quantitative estimate of drug-likeness (QED) is 0.449. The smallest absolute Gasteiger partial charge is 0.387 e. The molecular formula is C13H19F3IN3O. The molecule has 0 aromatic heterocycles. The first-order valence-electron chi connectivity index (χ1n) is 5.99. The Balaban J connectivity index is 0.00000400. The molecule has 8 heteroatoms. The van der Waals surface area contributed by atoms with Crippen LogP contribution in [0.5, 0.6) is 5.75 Å². The van der Waals surface area contributed by atoms with Crippen LogP contribution in [0.4, 0.5) is 13.2 Å². The van der Waals surface area contributed by atoms with Gasteiger partial charge in [0, 0.05) is 5.54 Å². The Bertz CT molecular complexity index is 490.